The van der Waals surface area contributed by atoms with E-state index in [4.69, 9.17) is 14.6 Å². The van der Waals surface area contributed by atoms with Crippen molar-refractivity contribution in [1.29, 1.82) is 0 Å². The molecule has 1 aliphatic rings. The monoisotopic (exact) mass is 332 g/mol. The van der Waals surface area contributed by atoms with Crippen LogP contribution in [0.25, 0.3) is 0 Å². The lowest BCUT2D eigenvalue weighted by molar-refractivity contribution is -0.388. The third-order valence-corrected chi connectivity index (χ3v) is 4.23. The Balaban J connectivity index is 2.39. The number of carboxylic acids is 1. The molecule has 0 atom stereocenters. The summed E-state index contributed by atoms with van der Waals surface area (Å²) in [5.41, 5.74) is -0.674. The minimum Gasteiger partial charge on any atom is -0.486 e. The van der Waals surface area contributed by atoms with Gasteiger partial charge in [0, 0.05) is 12.6 Å². The highest BCUT2D eigenvalue weighted by atomic mass is 32.2. The molecule has 1 aliphatic heterocycles. The first-order valence-corrected chi connectivity index (χ1v) is 7.59. The summed E-state index contributed by atoms with van der Waals surface area (Å²) in [7, 11) is -4.26. The average Bonchev–Trinajstić information content (AvgIpc) is 2.45. The molecule has 11 heteroatoms. The summed E-state index contributed by atoms with van der Waals surface area (Å²) in [5.74, 6) is -1.03. The number of nitrogens with zero attached hydrogens (tertiary/aromatic N) is 1. The van der Waals surface area contributed by atoms with Crippen molar-refractivity contribution in [2.45, 2.75) is 11.3 Å². The molecule has 0 aromatic heterocycles. The molecule has 10 nitrogen and oxygen atoms in total. The summed E-state index contributed by atoms with van der Waals surface area (Å²) < 4.78 is 36.6. The van der Waals surface area contributed by atoms with Crippen LogP contribution in [0.2, 0.25) is 0 Å². The highest BCUT2D eigenvalue weighted by Gasteiger charge is 2.30. The van der Waals surface area contributed by atoms with Crippen LogP contribution < -0.4 is 14.2 Å². The number of aliphatic carboxylic acids is 1. The smallest absolute Gasteiger partial charge is 0.304 e. The SMILES string of the molecule is O=C(O)CCNS(=O)(=O)c1cc2c(cc1[N+](=O)[O-])OCCO2. The van der Waals surface area contributed by atoms with E-state index < -0.39 is 37.9 Å². The zero-order chi connectivity index (χ0) is 16.3. The number of nitrogens with one attached hydrogen (secondary N) is 1. The number of sulfonamides is 1. The molecule has 0 bridgehead atoms. The quantitative estimate of drug-likeness (QED) is 0.552. The summed E-state index contributed by atoms with van der Waals surface area (Å²) in [6, 6.07) is 1.97. The number of hydrogen-bond acceptors (Lipinski definition) is 7. The first kappa shape index (κ1) is 16.0. The van der Waals surface area contributed by atoms with Crippen molar-refractivity contribution in [2.24, 2.45) is 0 Å². The summed E-state index contributed by atoms with van der Waals surface area (Å²) >= 11 is 0. The maximum absolute atomic E-state index is 12.1. The fourth-order valence-electron chi connectivity index (χ4n) is 1.79. The van der Waals surface area contributed by atoms with Crippen LogP contribution in [0, 0.1) is 10.1 Å². The second kappa shape index (κ2) is 6.15. The Hall–Kier alpha value is -2.40. The van der Waals surface area contributed by atoms with Gasteiger partial charge in [-0.05, 0) is 0 Å². The number of nitro groups is 1. The van der Waals surface area contributed by atoms with Crippen molar-refractivity contribution in [3.05, 3.63) is 22.2 Å². The fourth-order valence-corrected chi connectivity index (χ4v) is 2.98. The molecular weight excluding hydrogens is 320 g/mol. The number of rotatable bonds is 6. The van der Waals surface area contributed by atoms with Crippen LogP contribution in [-0.2, 0) is 14.8 Å². The van der Waals surface area contributed by atoms with Gasteiger partial charge in [-0.1, -0.05) is 0 Å². The van der Waals surface area contributed by atoms with E-state index in [9.17, 15) is 23.3 Å². The molecule has 120 valence electrons. The molecule has 2 N–H and O–H groups in total. The van der Waals surface area contributed by atoms with E-state index in [1.165, 1.54) is 0 Å². The number of benzene rings is 1. The van der Waals surface area contributed by atoms with Gasteiger partial charge in [0.15, 0.2) is 16.4 Å². The normalized spacial score (nSPS) is 13.6. The summed E-state index contributed by atoms with van der Waals surface area (Å²) in [6.07, 6.45) is -0.447. The number of hydrogen-bond donors (Lipinski definition) is 2. The molecule has 1 aromatic carbocycles. The number of carboxylic acid groups (broad SMARTS) is 1. The van der Waals surface area contributed by atoms with Crippen LogP contribution in [0.4, 0.5) is 5.69 Å². The third kappa shape index (κ3) is 3.43. The predicted octanol–water partition coefficient (Wildman–Crippen LogP) is 0.119. The van der Waals surface area contributed by atoms with Crippen molar-refractivity contribution < 1.29 is 32.7 Å². The van der Waals surface area contributed by atoms with Crippen LogP contribution in [0.3, 0.4) is 0 Å². The lowest BCUT2D eigenvalue weighted by atomic mass is 10.2. The van der Waals surface area contributed by atoms with Crippen LogP contribution >= 0.6 is 0 Å². The van der Waals surface area contributed by atoms with Gasteiger partial charge in [-0.3, -0.25) is 14.9 Å². The minimum atomic E-state index is -4.26. The molecule has 0 unspecified atom stereocenters. The Morgan fingerprint density at radius 3 is 2.45 bits per heavy atom. The van der Waals surface area contributed by atoms with E-state index in [0.29, 0.717) is 0 Å². The van der Waals surface area contributed by atoms with Crippen LogP contribution in [0.15, 0.2) is 17.0 Å². The predicted molar refractivity (Wildman–Crippen MR) is 71.5 cm³/mol. The Morgan fingerprint density at radius 2 is 1.91 bits per heavy atom. The molecule has 0 spiro atoms. The van der Waals surface area contributed by atoms with Crippen LogP contribution in [-0.4, -0.2) is 44.2 Å². The topological polar surface area (TPSA) is 145 Å². The van der Waals surface area contributed by atoms with Crippen molar-refractivity contribution >= 4 is 21.7 Å². The Bertz CT molecular complexity index is 715. The molecule has 0 saturated carbocycles. The molecule has 0 aliphatic carbocycles. The van der Waals surface area contributed by atoms with Gasteiger partial charge < -0.3 is 14.6 Å². The van der Waals surface area contributed by atoms with Crippen molar-refractivity contribution in [1.82, 2.24) is 4.72 Å². The van der Waals surface area contributed by atoms with Gasteiger partial charge in [-0.2, -0.15) is 0 Å². The number of ether oxygens (including phenoxy) is 2. The van der Waals surface area contributed by atoms with E-state index in [-0.39, 0.29) is 31.3 Å². The van der Waals surface area contributed by atoms with Gasteiger partial charge in [-0.25, -0.2) is 13.1 Å². The molecule has 0 fully saturated rings. The summed E-state index contributed by atoms with van der Waals surface area (Å²) in [4.78, 5) is 20.0. The molecule has 0 saturated heterocycles. The first-order valence-electron chi connectivity index (χ1n) is 6.11. The lowest BCUT2D eigenvalue weighted by Gasteiger charge is -2.19. The van der Waals surface area contributed by atoms with Gasteiger partial charge in [0.25, 0.3) is 5.69 Å². The van der Waals surface area contributed by atoms with Crippen LogP contribution in [0.1, 0.15) is 6.42 Å². The van der Waals surface area contributed by atoms with E-state index in [1.807, 2.05) is 4.72 Å². The Morgan fingerprint density at radius 1 is 1.32 bits per heavy atom. The standard InChI is InChI=1S/C11H12N2O8S/c14-11(15)1-2-12-22(18,19)10-6-9-8(20-3-4-21-9)5-7(10)13(16)17/h5-6,12H,1-4H2,(H,14,15). The zero-order valence-corrected chi connectivity index (χ0v) is 12.0. The van der Waals surface area contributed by atoms with Gasteiger partial charge in [0.1, 0.15) is 13.2 Å². The fraction of sp³-hybridized carbons (Fsp3) is 0.364. The van der Waals surface area contributed by atoms with Gasteiger partial charge >= 0.3 is 5.97 Å². The second-order valence-electron chi connectivity index (χ2n) is 4.26. The molecule has 1 aromatic rings. The summed E-state index contributed by atoms with van der Waals surface area (Å²) in [6.45, 7) is 0.00706. The van der Waals surface area contributed by atoms with Crippen LogP contribution in [0.5, 0.6) is 11.5 Å². The molecule has 0 radical (unpaired) electrons. The van der Waals surface area contributed by atoms with E-state index >= 15 is 0 Å². The lowest BCUT2D eigenvalue weighted by Crippen LogP contribution is -2.27. The highest BCUT2D eigenvalue weighted by molar-refractivity contribution is 7.89. The van der Waals surface area contributed by atoms with Gasteiger partial charge in [0.2, 0.25) is 10.0 Å². The molecule has 22 heavy (non-hydrogen) atoms. The number of nitro benzene ring substituents is 1. The van der Waals surface area contributed by atoms with Crippen molar-refractivity contribution in [2.75, 3.05) is 19.8 Å². The minimum absolute atomic E-state index is 0.0791. The maximum Gasteiger partial charge on any atom is 0.304 e. The zero-order valence-electron chi connectivity index (χ0n) is 11.1. The molecule has 1 heterocycles. The van der Waals surface area contributed by atoms with E-state index in [0.717, 1.165) is 12.1 Å². The number of fused-ring (bicyclic) bond motifs is 1. The highest BCUT2D eigenvalue weighted by Crippen LogP contribution is 2.38. The van der Waals surface area contributed by atoms with E-state index in [2.05, 4.69) is 0 Å². The molecule has 2 rings (SSSR count). The Kier molecular flexibility index (Phi) is 4.47. The largest absolute Gasteiger partial charge is 0.486 e. The van der Waals surface area contributed by atoms with Crippen molar-refractivity contribution in [3.63, 3.8) is 0 Å². The first-order chi connectivity index (χ1) is 10.3. The van der Waals surface area contributed by atoms with Crippen molar-refractivity contribution in [3.8, 4) is 11.5 Å². The van der Waals surface area contributed by atoms with Gasteiger partial charge in [-0.15, -0.1) is 0 Å². The third-order valence-electron chi connectivity index (χ3n) is 2.74. The number of carbonyl (C=O) groups is 1. The second-order valence-corrected chi connectivity index (χ2v) is 6.00. The summed E-state index contributed by atoms with van der Waals surface area (Å²) in [5, 5.41) is 19.6. The average molecular weight is 332 g/mol. The Labute approximate surface area is 124 Å². The van der Waals surface area contributed by atoms with E-state index in [1.54, 1.807) is 0 Å². The molecule has 0 amide bonds. The van der Waals surface area contributed by atoms with Gasteiger partial charge in [0.05, 0.1) is 17.4 Å². The molecular formula is C11H12N2O8S. The maximum atomic E-state index is 12.1.